The van der Waals surface area contributed by atoms with E-state index in [1.165, 1.54) is 11.8 Å². The maximum atomic E-state index is 12.5. The minimum Gasteiger partial charge on any atom is -0.325 e. The first-order chi connectivity index (χ1) is 11.9. The van der Waals surface area contributed by atoms with Crippen LogP contribution in [0.5, 0.6) is 0 Å². The van der Waals surface area contributed by atoms with Gasteiger partial charge < -0.3 is 5.32 Å². The third kappa shape index (κ3) is 3.88. The summed E-state index contributed by atoms with van der Waals surface area (Å²) in [6, 6.07) is 5.63. The molecule has 0 radical (unpaired) electrons. The van der Waals surface area contributed by atoms with Crippen LogP contribution < -0.4 is 5.32 Å². The van der Waals surface area contributed by atoms with Gasteiger partial charge in [0.25, 0.3) is 5.78 Å². The van der Waals surface area contributed by atoms with E-state index in [0.29, 0.717) is 16.6 Å². The van der Waals surface area contributed by atoms with Crippen molar-refractivity contribution in [2.75, 3.05) is 11.6 Å². The number of benzene rings is 1. The molecule has 1 N–H and O–H groups in total. The number of carbonyl (C=O) groups excluding carboxylic acids is 1. The quantitative estimate of drug-likeness (QED) is 0.562. The SMILES string of the molecule is CSc1nc2nc(C)c(CC(=O)Nc3cc(Br)ccc3Br)c(C)n2n1. The van der Waals surface area contributed by atoms with E-state index in [-0.39, 0.29) is 12.3 Å². The second kappa shape index (κ2) is 7.43. The zero-order valence-corrected chi connectivity index (χ0v) is 17.8. The number of hydrogen-bond acceptors (Lipinski definition) is 5. The van der Waals surface area contributed by atoms with Gasteiger partial charge in [-0.3, -0.25) is 4.79 Å². The van der Waals surface area contributed by atoms with Crippen LogP contribution in [0.15, 0.2) is 32.3 Å². The molecule has 0 aliphatic rings. The van der Waals surface area contributed by atoms with Gasteiger partial charge in [-0.15, -0.1) is 5.10 Å². The van der Waals surface area contributed by atoms with Crippen LogP contribution in [-0.4, -0.2) is 31.7 Å². The maximum absolute atomic E-state index is 12.5. The Morgan fingerprint density at radius 1 is 1.28 bits per heavy atom. The predicted octanol–water partition coefficient (Wildman–Crippen LogP) is 4.17. The molecular weight excluding hydrogens is 470 g/mol. The molecule has 0 saturated heterocycles. The van der Waals surface area contributed by atoms with Crippen molar-refractivity contribution in [2.45, 2.75) is 25.4 Å². The van der Waals surface area contributed by atoms with Crippen LogP contribution in [0.1, 0.15) is 17.0 Å². The number of hydrogen-bond donors (Lipinski definition) is 1. The van der Waals surface area contributed by atoms with Gasteiger partial charge >= 0.3 is 0 Å². The van der Waals surface area contributed by atoms with E-state index in [1.54, 1.807) is 4.52 Å². The van der Waals surface area contributed by atoms with Crippen molar-refractivity contribution in [1.82, 2.24) is 19.6 Å². The number of carbonyl (C=O) groups is 1. The first-order valence-corrected chi connectivity index (χ1v) is 10.2. The number of halogens is 2. The average molecular weight is 485 g/mol. The first kappa shape index (κ1) is 18.3. The van der Waals surface area contributed by atoms with Crippen molar-refractivity contribution in [3.05, 3.63) is 44.1 Å². The van der Waals surface area contributed by atoms with Crippen molar-refractivity contribution < 1.29 is 4.79 Å². The third-order valence-corrected chi connectivity index (χ3v) is 5.47. The fourth-order valence-corrected chi connectivity index (χ4v) is 3.52. The maximum Gasteiger partial charge on any atom is 0.253 e. The number of aryl methyl sites for hydroxylation is 2. The lowest BCUT2D eigenvalue weighted by Crippen LogP contribution is -2.18. The van der Waals surface area contributed by atoms with Crippen LogP contribution >= 0.6 is 43.6 Å². The molecule has 3 rings (SSSR count). The molecule has 0 fully saturated rings. The van der Waals surface area contributed by atoms with Crippen LogP contribution in [0.2, 0.25) is 0 Å². The van der Waals surface area contributed by atoms with Gasteiger partial charge in [-0.1, -0.05) is 27.7 Å². The van der Waals surface area contributed by atoms with Crippen LogP contribution in [0, 0.1) is 13.8 Å². The number of anilines is 1. The summed E-state index contributed by atoms with van der Waals surface area (Å²) >= 11 is 8.32. The van der Waals surface area contributed by atoms with E-state index in [2.05, 4.69) is 52.2 Å². The molecule has 130 valence electrons. The lowest BCUT2D eigenvalue weighted by Gasteiger charge is -2.12. The molecule has 0 aliphatic carbocycles. The van der Waals surface area contributed by atoms with E-state index in [9.17, 15) is 4.79 Å². The Bertz CT molecular complexity index is 973. The molecule has 1 aromatic carbocycles. The standard InChI is InChI=1S/C16H15Br2N5OS/c1-8-11(9(2)23-15(19-8)21-16(22-23)25-3)7-14(24)20-13-6-10(17)4-5-12(13)18/h4-6H,7H2,1-3H3,(H,20,24). The molecule has 0 atom stereocenters. The molecule has 2 heterocycles. The molecule has 2 aromatic heterocycles. The topological polar surface area (TPSA) is 72.2 Å². The van der Waals surface area contributed by atoms with Crippen LogP contribution in [0.3, 0.4) is 0 Å². The number of nitrogens with one attached hydrogen (secondary N) is 1. The van der Waals surface area contributed by atoms with Crippen molar-refractivity contribution in [3.63, 3.8) is 0 Å². The summed E-state index contributed by atoms with van der Waals surface area (Å²) in [4.78, 5) is 21.4. The summed E-state index contributed by atoms with van der Waals surface area (Å²) in [7, 11) is 0. The second-order valence-electron chi connectivity index (χ2n) is 5.42. The molecule has 0 bridgehead atoms. The Labute approximate surface area is 166 Å². The molecule has 6 nitrogen and oxygen atoms in total. The van der Waals surface area contributed by atoms with Gasteiger partial charge in [-0.05, 0) is 54.2 Å². The van der Waals surface area contributed by atoms with Gasteiger partial charge in [0.05, 0.1) is 12.1 Å². The number of amides is 1. The largest absolute Gasteiger partial charge is 0.325 e. The molecule has 0 saturated carbocycles. The van der Waals surface area contributed by atoms with Crippen LogP contribution in [0.4, 0.5) is 5.69 Å². The van der Waals surface area contributed by atoms with E-state index in [1.807, 2.05) is 38.3 Å². The molecular formula is C16H15Br2N5OS. The molecule has 9 heteroatoms. The lowest BCUT2D eigenvalue weighted by molar-refractivity contribution is -0.115. The van der Waals surface area contributed by atoms with E-state index < -0.39 is 0 Å². The van der Waals surface area contributed by atoms with E-state index in [4.69, 9.17) is 0 Å². The Kier molecular flexibility index (Phi) is 5.45. The molecule has 0 unspecified atom stereocenters. The molecule has 0 spiro atoms. The van der Waals surface area contributed by atoms with Crippen LogP contribution in [0.25, 0.3) is 5.78 Å². The highest BCUT2D eigenvalue weighted by molar-refractivity contribution is 9.11. The summed E-state index contributed by atoms with van der Waals surface area (Å²) < 4.78 is 3.41. The smallest absolute Gasteiger partial charge is 0.253 e. The van der Waals surface area contributed by atoms with Crippen molar-refractivity contribution in [2.24, 2.45) is 0 Å². The number of rotatable bonds is 4. The summed E-state index contributed by atoms with van der Waals surface area (Å²) in [6.45, 7) is 3.82. The Balaban J connectivity index is 1.89. The van der Waals surface area contributed by atoms with Crippen molar-refractivity contribution >= 4 is 61.0 Å². The Morgan fingerprint density at radius 3 is 2.76 bits per heavy atom. The van der Waals surface area contributed by atoms with E-state index >= 15 is 0 Å². The molecule has 1 amide bonds. The molecule has 25 heavy (non-hydrogen) atoms. The fraction of sp³-hybridized carbons (Fsp3) is 0.250. The van der Waals surface area contributed by atoms with Gasteiger partial charge in [0.1, 0.15) is 0 Å². The number of nitrogens with zero attached hydrogens (tertiary/aromatic N) is 4. The highest BCUT2D eigenvalue weighted by Crippen LogP contribution is 2.26. The van der Waals surface area contributed by atoms with Crippen LogP contribution in [-0.2, 0) is 11.2 Å². The van der Waals surface area contributed by atoms with Crippen molar-refractivity contribution in [1.29, 1.82) is 0 Å². The zero-order valence-electron chi connectivity index (χ0n) is 13.8. The van der Waals surface area contributed by atoms with Gasteiger partial charge in [-0.2, -0.15) is 4.98 Å². The van der Waals surface area contributed by atoms with Gasteiger partial charge in [0, 0.05) is 25.9 Å². The zero-order chi connectivity index (χ0) is 18.1. The first-order valence-electron chi connectivity index (χ1n) is 7.40. The summed E-state index contributed by atoms with van der Waals surface area (Å²) in [5.41, 5.74) is 3.23. The normalized spacial score (nSPS) is 11.1. The monoisotopic (exact) mass is 483 g/mol. The van der Waals surface area contributed by atoms with Gasteiger partial charge in [-0.25, -0.2) is 9.50 Å². The minimum atomic E-state index is -0.114. The summed E-state index contributed by atoms with van der Waals surface area (Å²) in [6.07, 6.45) is 2.13. The highest BCUT2D eigenvalue weighted by atomic mass is 79.9. The summed E-state index contributed by atoms with van der Waals surface area (Å²) in [5.74, 6) is 0.439. The Morgan fingerprint density at radius 2 is 2.04 bits per heavy atom. The summed E-state index contributed by atoms with van der Waals surface area (Å²) in [5, 5.41) is 8.00. The number of thioether (sulfide) groups is 1. The second-order valence-corrected chi connectivity index (χ2v) is 7.96. The average Bonchev–Trinajstić information content (AvgIpc) is 2.98. The molecule has 0 aliphatic heterocycles. The van der Waals surface area contributed by atoms with Crippen molar-refractivity contribution in [3.8, 4) is 0 Å². The Hall–Kier alpha value is -1.45. The predicted molar refractivity (Wildman–Crippen MR) is 106 cm³/mol. The number of aromatic nitrogens is 4. The van der Waals surface area contributed by atoms with E-state index in [0.717, 1.165) is 25.9 Å². The lowest BCUT2D eigenvalue weighted by atomic mass is 10.1. The minimum absolute atomic E-state index is 0.114. The van der Waals surface area contributed by atoms with Gasteiger partial charge in [0.15, 0.2) is 0 Å². The number of fused-ring (bicyclic) bond motifs is 1. The molecule has 3 aromatic rings. The fourth-order valence-electron chi connectivity index (χ4n) is 2.48. The highest BCUT2D eigenvalue weighted by Gasteiger charge is 2.16. The third-order valence-electron chi connectivity index (χ3n) is 3.75. The van der Waals surface area contributed by atoms with Gasteiger partial charge in [0.2, 0.25) is 11.1 Å².